The highest BCUT2D eigenvalue weighted by atomic mass is 16.5. The van der Waals surface area contributed by atoms with Crippen LogP contribution in [0.5, 0.6) is 0 Å². The molecule has 5 nitrogen and oxygen atoms in total. The summed E-state index contributed by atoms with van der Waals surface area (Å²) in [7, 11) is 1.57. The molecule has 1 amide bonds. The Kier molecular flexibility index (Phi) is 4.97. The fourth-order valence-corrected chi connectivity index (χ4v) is 3.23. The molecular weight excluding hydrogens is 232 g/mol. The molecule has 2 fully saturated rings. The van der Waals surface area contributed by atoms with Crippen LogP contribution in [0, 0.1) is 5.92 Å². The predicted molar refractivity (Wildman–Crippen MR) is 68.2 cm³/mol. The lowest BCUT2D eigenvalue weighted by Gasteiger charge is -2.29. The normalized spacial score (nSPS) is 32.2. The number of amides is 1. The molecule has 0 radical (unpaired) electrons. The summed E-state index contributed by atoms with van der Waals surface area (Å²) >= 11 is 0. The zero-order valence-electron chi connectivity index (χ0n) is 11.0. The topological polar surface area (TPSA) is 70.6 Å². The van der Waals surface area contributed by atoms with Crippen LogP contribution < -0.4 is 10.6 Å². The number of aliphatic hydroxyl groups is 1. The molecule has 0 aromatic rings. The number of rotatable bonds is 6. The number of fused-ring (bicyclic) bond motifs is 2. The van der Waals surface area contributed by atoms with E-state index in [9.17, 15) is 4.79 Å². The van der Waals surface area contributed by atoms with Gasteiger partial charge in [0, 0.05) is 25.6 Å². The number of carbonyl (C=O) groups excluding carboxylic acids is 1. The zero-order chi connectivity index (χ0) is 13.0. The van der Waals surface area contributed by atoms with Gasteiger partial charge in [-0.1, -0.05) is 0 Å². The van der Waals surface area contributed by atoms with Crippen molar-refractivity contribution >= 4 is 5.91 Å². The predicted octanol–water partition coefficient (Wildman–Crippen LogP) is 0.0306. The maximum absolute atomic E-state index is 11.9. The zero-order valence-corrected chi connectivity index (χ0v) is 11.0. The lowest BCUT2D eigenvalue weighted by molar-refractivity contribution is -0.123. The molecule has 0 spiro atoms. The van der Waals surface area contributed by atoms with Crippen molar-refractivity contribution in [1.29, 1.82) is 0 Å². The van der Waals surface area contributed by atoms with Gasteiger partial charge in [0.25, 0.3) is 0 Å². The van der Waals surface area contributed by atoms with Crippen LogP contribution in [0.15, 0.2) is 0 Å². The Labute approximate surface area is 108 Å². The van der Waals surface area contributed by atoms with Gasteiger partial charge >= 0.3 is 0 Å². The minimum absolute atomic E-state index is 0.0393. The summed E-state index contributed by atoms with van der Waals surface area (Å²) in [6.07, 6.45) is 5.31. The fourth-order valence-electron chi connectivity index (χ4n) is 3.23. The molecule has 0 aromatic heterocycles. The average Bonchev–Trinajstić information content (AvgIpc) is 2.68. The molecule has 104 valence electrons. The highest BCUT2D eigenvalue weighted by molar-refractivity contribution is 5.76. The quantitative estimate of drug-likeness (QED) is 0.627. The van der Waals surface area contributed by atoms with E-state index in [1.807, 2.05) is 0 Å². The van der Waals surface area contributed by atoms with Crippen LogP contribution in [-0.4, -0.2) is 49.5 Å². The molecule has 2 saturated heterocycles. The summed E-state index contributed by atoms with van der Waals surface area (Å²) in [4.78, 5) is 11.9. The summed E-state index contributed by atoms with van der Waals surface area (Å²) < 4.78 is 4.95. The number of hydrogen-bond donors (Lipinski definition) is 3. The standard InChI is InChI=1S/C13H24N2O3/c1-18-8-12(7-16)15-13(17)6-9-4-10-2-3-11(5-9)14-10/h9-12,14,16H,2-8H2,1H3,(H,15,17). The Morgan fingerprint density at radius 1 is 1.44 bits per heavy atom. The summed E-state index contributed by atoms with van der Waals surface area (Å²) in [5, 5.41) is 15.5. The first-order valence-electron chi connectivity index (χ1n) is 6.86. The van der Waals surface area contributed by atoms with E-state index in [0.717, 1.165) is 12.8 Å². The van der Waals surface area contributed by atoms with Gasteiger partial charge in [-0.05, 0) is 31.6 Å². The second kappa shape index (κ2) is 6.50. The van der Waals surface area contributed by atoms with Crippen molar-refractivity contribution in [2.24, 2.45) is 5.92 Å². The molecule has 0 aliphatic carbocycles. The summed E-state index contributed by atoms with van der Waals surface area (Å²) in [5.74, 6) is 0.531. The Morgan fingerprint density at radius 3 is 2.67 bits per heavy atom. The van der Waals surface area contributed by atoms with Crippen molar-refractivity contribution in [2.45, 2.75) is 50.2 Å². The maximum atomic E-state index is 11.9. The van der Waals surface area contributed by atoms with Gasteiger partial charge in [-0.15, -0.1) is 0 Å². The third-order valence-electron chi connectivity index (χ3n) is 4.00. The smallest absolute Gasteiger partial charge is 0.220 e. The Balaban J connectivity index is 1.73. The number of aliphatic hydroxyl groups excluding tert-OH is 1. The van der Waals surface area contributed by atoms with Crippen molar-refractivity contribution < 1.29 is 14.6 Å². The number of hydrogen-bond acceptors (Lipinski definition) is 4. The summed E-state index contributed by atoms with van der Waals surface area (Å²) in [5.41, 5.74) is 0. The van der Waals surface area contributed by atoms with Crippen molar-refractivity contribution in [3.63, 3.8) is 0 Å². The summed E-state index contributed by atoms with van der Waals surface area (Å²) in [6, 6.07) is 0.962. The third kappa shape index (κ3) is 3.67. The van der Waals surface area contributed by atoms with Crippen LogP contribution in [-0.2, 0) is 9.53 Å². The number of nitrogens with one attached hydrogen (secondary N) is 2. The van der Waals surface area contributed by atoms with E-state index in [4.69, 9.17) is 9.84 Å². The van der Waals surface area contributed by atoms with Crippen molar-refractivity contribution in [3.8, 4) is 0 Å². The highest BCUT2D eigenvalue weighted by Gasteiger charge is 2.34. The number of piperidine rings is 1. The molecule has 0 aromatic carbocycles. The van der Waals surface area contributed by atoms with Crippen molar-refractivity contribution in [1.82, 2.24) is 10.6 Å². The molecule has 3 N–H and O–H groups in total. The van der Waals surface area contributed by atoms with Gasteiger partial charge < -0.3 is 20.5 Å². The minimum Gasteiger partial charge on any atom is -0.394 e. The first-order valence-corrected chi connectivity index (χ1v) is 6.86. The number of carbonyl (C=O) groups is 1. The van der Waals surface area contributed by atoms with E-state index in [0.29, 0.717) is 31.0 Å². The molecule has 2 aliphatic rings. The van der Waals surface area contributed by atoms with E-state index >= 15 is 0 Å². The molecule has 2 bridgehead atoms. The highest BCUT2D eigenvalue weighted by Crippen LogP contribution is 2.32. The largest absolute Gasteiger partial charge is 0.394 e. The van der Waals surface area contributed by atoms with Crippen molar-refractivity contribution in [3.05, 3.63) is 0 Å². The fraction of sp³-hybridized carbons (Fsp3) is 0.923. The van der Waals surface area contributed by atoms with Gasteiger partial charge in [0.15, 0.2) is 0 Å². The molecular formula is C13H24N2O3. The molecule has 5 heteroatoms. The Morgan fingerprint density at radius 2 is 2.11 bits per heavy atom. The van der Waals surface area contributed by atoms with Gasteiger partial charge in [-0.2, -0.15) is 0 Å². The Bertz CT molecular complexity index is 273. The lowest BCUT2D eigenvalue weighted by atomic mass is 9.89. The van der Waals surface area contributed by atoms with E-state index in [2.05, 4.69) is 10.6 Å². The van der Waals surface area contributed by atoms with Crippen LogP contribution in [0.2, 0.25) is 0 Å². The average molecular weight is 256 g/mol. The number of methoxy groups -OCH3 is 1. The first kappa shape index (κ1) is 13.8. The molecule has 3 unspecified atom stereocenters. The van der Waals surface area contributed by atoms with Crippen LogP contribution >= 0.6 is 0 Å². The van der Waals surface area contributed by atoms with Gasteiger partial charge in [-0.25, -0.2) is 0 Å². The van der Waals surface area contributed by atoms with E-state index in [1.54, 1.807) is 7.11 Å². The van der Waals surface area contributed by atoms with Crippen LogP contribution in [0.3, 0.4) is 0 Å². The Hall–Kier alpha value is -0.650. The summed E-state index contributed by atoms with van der Waals surface area (Å²) in [6.45, 7) is 0.288. The number of ether oxygens (including phenoxy) is 1. The molecule has 2 heterocycles. The third-order valence-corrected chi connectivity index (χ3v) is 4.00. The second-order valence-electron chi connectivity index (χ2n) is 5.58. The van der Waals surface area contributed by atoms with E-state index in [1.165, 1.54) is 12.8 Å². The van der Waals surface area contributed by atoms with Crippen LogP contribution in [0.4, 0.5) is 0 Å². The SMILES string of the molecule is COCC(CO)NC(=O)CC1CC2CCC(C1)N2. The maximum Gasteiger partial charge on any atom is 0.220 e. The molecule has 2 aliphatic heterocycles. The first-order chi connectivity index (χ1) is 8.71. The van der Waals surface area contributed by atoms with Crippen LogP contribution in [0.1, 0.15) is 32.1 Å². The van der Waals surface area contributed by atoms with Crippen LogP contribution in [0.25, 0.3) is 0 Å². The van der Waals surface area contributed by atoms with Gasteiger partial charge in [0.2, 0.25) is 5.91 Å². The second-order valence-corrected chi connectivity index (χ2v) is 5.58. The van der Waals surface area contributed by atoms with Gasteiger partial charge in [0.05, 0.1) is 19.3 Å². The molecule has 18 heavy (non-hydrogen) atoms. The molecule has 0 saturated carbocycles. The monoisotopic (exact) mass is 256 g/mol. The molecule has 2 rings (SSSR count). The van der Waals surface area contributed by atoms with Gasteiger partial charge in [0.1, 0.15) is 0 Å². The van der Waals surface area contributed by atoms with Gasteiger partial charge in [-0.3, -0.25) is 4.79 Å². The lowest BCUT2D eigenvalue weighted by Crippen LogP contribution is -2.43. The van der Waals surface area contributed by atoms with E-state index in [-0.39, 0.29) is 18.6 Å². The van der Waals surface area contributed by atoms with Crippen molar-refractivity contribution in [2.75, 3.05) is 20.3 Å². The van der Waals surface area contributed by atoms with E-state index < -0.39 is 0 Å². The minimum atomic E-state index is -0.277. The molecule has 3 atom stereocenters.